The lowest BCUT2D eigenvalue weighted by atomic mass is 10.1. The lowest BCUT2D eigenvalue weighted by Gasteiger charge is -2.06. The Kier molecular flexibility index (Phi) is 5.12. The van der Waals surface area contributed by atoms with Crippen molar-refractivity contribution in [3.8, 4) is 0 Å². The Hall–Kier alpha value is -1.45. The molecule has 0 aliphatic heterocycles. The summed E-state index contributed by atoms with van der Waals surface area (Å²) in [5, 5.41) is 5.87. The van der Waals surface area contributed by atoms with Crippen molar-refractivity contribution in [3.05, 3.63) is 42.2 Å². The van der Waals surface area contributed by atoms with Gasteiger partial charge in [0.25, 0.3) is 0 Å². The molecule has 0 radical (unpaired) electrons. The third-order valence-corrected chi connectivity index (χ3v) is 2.88. The summed E-state index contributed by atoms with van der Waals surface area (Å²) in [5.41, 5.74) is 1.31. The molecule has 96 valence electrons. The van der Waals surface area contributed by atoms with Crippen molar-refractivity contribution in [2.75, 3.05) is 19.8 Å². The van der Waals surface area contributed by atoms with Crippen LogP contribution in [0, 0.1) is 0 Å². The van der Waals surface area contributed by atoms with Crippen LogP contribution in [0.5, 0.6) is 0 Å². The Balaban J connectivity index is 1.81. The fraction of sp³-hybridized carbons (Fsp3) is 0.400. The van der Waals surface area contributed by atoms with Gasteiger partial charge in [-0.25, -0.2) is 0 Å². The summed E-state index contributed by atoms with van der Waals surface area (Å²) in [7, 11) is 0. The van der Waals surface area contributed by atoms with Gasteiger partial charge in [0, 0.05) is 37.5 Å². The van der Waals surface area contributed by atoms with Gasteiger partial charge in [-0.3, -0.25) is 4.98 Å². The second kappa shape index (κ2) is 7.09. The van der Waals surface area contributed by atoms with Crippen molar-refractivity contribution in [1.82, 2.24) is 10.3 Å². The Morgan fingerprint density at radius 1 is 1.22 bits per heavy atom. The summed E-state index contributed by atoms with van der Waals surface area (Å²) >= 11 is 0. The Morgan fingerprint density at radius 2 is 2.17 bits per heavy atom. The second-order valence-electron chi connectivity index (χ2n) is 4.28. The van der Waals surface area contributed by atoms with Gasteiger partial charge < -0.3 is 10.1 Å². The Morgan fingerprint density at radius 3 is 3.06 bits per heavy atom. The smallest absolute Gasteiger partial charge is 0.0477 e. The van der Waals surface area contributed by atoms with E-state index in [1.807, 2.05) is 25.4 Å². The third-order valence-electron chi connectivity index (χ3n) is 2.88. The number of benzene rings is 1. The van der Waals surface area contributed by atoms with Gasteiger partial charge in [-0.15, -0.1) is 0 Å². The molecule has 0 unspecified atom stereocenters. The maximum atomic E-state index is 5.30. The summed E-state index contributed by atoms with van der Waals surface area (Å²) in [6, 6.07) is 8.54. The molecule has 1 aromatic carbocycles. The number of hydrogen-bond donors (Lipinski definition) is 1. The first-order valence-corrected chi connectivity index (χ1v) is 6.51. The van der Waals surface area contributed by atoms with Crippen LogP contribution in [0.25, 0.3) is 10.8 Å². The van der Waals surface area contributed by atoms with Gasteiger partial charge in [-0.05, 0) is 43.0 Å². The van der Waals surface area contributed by atoms with E-state index in [0.717, 1.165) is 32.7 Å². The molecule has 1 aromatic heterocycles. The van der Waals surface area contributed by atoms with Crippen LogP contribution in [-0.4, -0.2) is 24.7 Å². The van der Waals surface area contributed by atoms with Crippen LogP contribution >= 0.6 is 0 Å². The summed E-state index contributed by atoms with van der Waals surface area (Å²) in [5.74, 6) is 0. The number of hydrogen-bond acceptors (Lipinski definition) is 3. The van der Waals surface area contributed by atoms with Gasteiger partial charge in [0.15, 0.2) is 0 Å². The van der Waals surface area contributed by atoms with Gasteiger partial charge in [-0.1, -0.05) is 12.1 Å². The van der Waals surface area contributed by atoms with Crippen molar-refractivity contribution >= 4 is 10.8 Å². The van der Waals surface area contributed by atoms with Gasteiger partial charge in [-0.2, -0.15) is 0 Å². The van der Waals surface area contributed by atoms with E-state index < -0.39 is 0 Å². The first-order valence-electron chi connectivity index (χ1n) is 6.51. The average Bonchev–Trinajstić information content (AvgIpc) is 2.42. The zero-order chi connectivity index (χ0) is 12.6. The summed E-state index contributed by atoms with van der Waals surface area (Å²) in [4.78, 5) is 4.12. The SMILES string of the molecule is CCOCCCNCc1ccc2cnccc2c1. The van der Waals surface area contributed by atoms with E-state index in [1.54, 1.807) is 0 Å². The predicted molar refractivity (Wildman–Crippen MR) is 74.6 cm³/mol. The van der Waals surface area contributed by atoms with E-state index in [1.165, 1.54) is 16.3 Å². The number of nitrogens with one attached hydrogen (secondary N) is 1. The molecule has 2 aromatic rings. The number of aromatic nitrogens is 1. The minimum absolute atomic E-state index is 0.804. The predicted octanol–water partition coefficient (Wildman–Crippen LogP) is 2.75. The lowest BCUT2D eigenvalue weighted by molar-refractivity contribution is 0.144. The monoisotopic (exact) mass is 244 g/mol. The van der Waals surface area contributed by atoms with Crippen molar-refractivity contribution in [3.63, 3.8) is 0 Å². The molecule has 0 saturated heterocycles. The van der Waals surface area contributed by atoms with E-state index in [-0.39, 0.29) is 0 Å². The summed E-state index contributed by atoms with van der Waals surface area (Å²) in [6.45, 7) is 5.57. The van der Waals surface area contributed by atoms with Crippen molar-refractivity contribution in [2.24, 2.45) is 0 Å². The van der Waals surface area contributed by atoms with Crippen LogP contribution in [0.2, 0.25) is 0 Å². The average molecular weight is 244 g/mol. The quantitative estimate of drug-likeness (QED) is 0.760. The third kappa shape index (κ3) is 3.79. The molecule has 0 amide bonds. The molecule has 0 spiro atoms. The zero-order valence-corrected chi connectivity index (χ0v) is 10.9. The molecule has 0 aliphatic carbocycles. The van der Waals surface area contributed by atoms with Crippen molar-refractivity contribution in [1.29, 1.82) is 0 Å². The molecule has 18 heavy (non-hydrogen) atoms. The van der Waals surface area contributed by atoms with E-state index in [2.05, 4.69) is 28.5 Å². The van der Waals surface area contributed by atoms with E-state index in [9.17, 15) is 0 Å². The molecular formula is C15H20N2O. The fourth-order valence-electron chi connectivity index (χ4n) is 1.92. The van der Waals surface area contributed by atoms with Crippen LogP contribution in [-0.2, 0) is 11.3 Å². The van der Waals surface area contributed by atoms with Crippen LogP contribution in [0.1, 0.15) is 18.9 Å². The van der Waals surface area contributed by atoms with Crippen LogP contribution < -0.4 is 5.32 Å². The molecule has 1 heterocycles. The van der Waals surface area contributed by atoms with Gasteiger partial charge in [0.1, 0.15) is 0 Å². The van der Waals surface area contributed by atoms with Crippen LogP contribution in [0.4, 0.5) is 0 Å². The molecule has 0 saturated carbocycles. The van der Waals surface area contributed by atoms with Gasteiger partial charge in [0.2, 0.25) is 0 Å². The molecule has 0 fully saturated rings. The highest BCUT2D eigenvalue weighted by Crippen LogP contribution is 2.14. The van der Waals surface area contributed by atoms with E-state index >= 15 is 0 Å². The first-order chi connectivity index (χ1) is 8.90. The Bertz CT molecular complexity index is 485. The minimum Gasteiger partial charge on any atom is -0.382 e. The molecule has 3 nitrogen and oxygen atoms in total. The number of nitrogens with zero attached hydrogens (tertiary/aromatic N) is 1. The minimum atomic E-state index is 0.804. The molecule has 3 heteroatoms. The standard InChI is InChI=1S/C15H20N2O/c1-2-18-9-3-7-16-11-13-4-5-15-12-17-8-6-14(15)10-13/h4-6,8,10,12,16H,2-3,7,9,11H2,1H3. The van der Waals surface area contributed by atoms with Gasteiger partial charge >= 0.3 is 0 Å². The molecule has 2 rings (SSSR count). The number of ether oxygens (including phenoxy) is 1. The molecular weight excluding hydrogens is 224 g/mol. The highest BCUT2D eigenvalue weighted by Gasteiger charge is 1.96. The molecule has 1 N–H and O–H groups in total. The normalized spacial score (nSPS) is 10.9. The topological polar surface area (TPSA) is 34.1 Å². The van der Waals surface area contributed by atoms with Crippen molar-refractivity contribution in [2.45, 2.75) is 19.9 Å². The largest absolute Gasteiger partial charge is 0.382 e. The van der Waals surface area contributed by atoms with Crippen LogP contribution in [0.3, 0.4) is 0 Å². The first kappa shape index (κ1) is 13.0. The number of rotatable bonds is 7. The van der Waals surface area contributed by atoms with Crippen LogP contribution in [0.15, 0.2) is 36.7 Å². The molecule has 0 aliphatic rings. The highest BCUT2D eigenvalue weighted by molar-refractivity contribution is 5.81. The number of pyridine rings is 1. The van der Waals surface area contributed by atoms with E-state index in [0.29, 0.717) is 0 Å². The van der Waals surface area contributed by atoms with E-state index in [4.69, 9.17) is 4.74 Å². The second-order valence-corrected chi connectivity index (χ2v) is 4.28. The lowest BCUT2D eigenvalue weighted by Crippen LogP contribution is -2.16. The molecule has 0 atom stereocenters. The highest BCUT2D eigenvalue weighted by atomic mass is 16.5. The Labute approximate surface area is 108 Å². The van der Waals surface area contributed by atoms with Gasteiger partial charge in [0.05, 0.1) is 0 Å². The number of fused-ring (bicyclic) bond motifs is 1. The maximum absolute atomic E-state index is 5.30. The zero-order valence-electron chi connectivity index (χ0n) is 10.9. The molecule has 0 bridgehead atoms. The summed E-state index contributed by atoms with van der Waals surface area (Å²) < 4.78 is 5.30. The fourth-order valence-corrected chi connectivity index (χ4v) is 1.92. The van der Waals surface area contributed by atoms with Crippen molar-refractivity contribution < 1.29 is 4.74 Å². The maximum Gasteiger partial charge on any atom is 0.0477 e. The summed E-state index contributed by atoms with van der Waals surface area (Å²) in [6.07, 6.45) is 4.79.